The Kier molecular flexibility index (Phi) is 69.2. The zero-order chi connectivity index (χ0) is 100. The Hall–Kier alpha value is -8.34. The van der Waals surface area contributed by atoms with Crippen LogP contribution in [0.25, 0.3) is 0 Å². The number of amides is 9. The molecule has 3 aromatic carbocycles. The molecule has 0 unspecified atom stereocenters. The van der Waals surface area contributed by atoms with Gasteiger partial charge in [0, 0.05) is 81.8 Å². The van der Waals surface area contributed by atoms with Crippen LogP contribution < -0.4 is 47.9 Å². The van der Waals surface area contributed by atoms with E-state index in [1.54, 1.807) is 43.0 Å². The summed E-state index contributed by atoms with van der Waals surface area (Å²) in [5.74, 6) is 2.72. The van der Waals surface area contributed by atoms with Gasteiger partial charge in [-0.05, 0) is 79.5 Å². The molecule has 1 heterocycles. The molecule has 1 aliphatic rings. The third kappa shape index (κ3) is 56.9. The van der Waals surface area contributed by atoms with E-state index in [0.29, 0.717) is 149 Å². The number of hydrogen-bond donors (Lipinski definition) is 19. The number of nitrogens with one attached hydrogen (secondary N) is 7. The zero-order valence-electron chi connectivity index (χ0n) is 79.6. The minimum absolute atomic E-state index is 0.00477. The van der Waals surface area contributed by atoms with E-state index in [-0.39, 0.29) is 195 Å². The van der Waals surface area contributed by atoms with E-state index in [2.05, 4.69) is 49.1 Å². The number of nitrogens with two attached hydrogens (primary N) is 1. The van der Waals surface area contributed by atoms with Crippen LogP contribution in [0.5, 0.6) is 0 Å². The summed E-state index contributed by atoms with van der Waals surface area (Å²) in [5, 5.41) is 128. The lowest BCUT2D eigenvalue weighted by molar-refractivity contribution is -0.134. The van der Waals surface area contributed by atoms with Crippen LogP contribution in [0.15, 0.2) is 72.8 Å². The maximum atomic E-state index is 14.2. The van der Waals surface area contributed by atoms with E-state index < -0.39 is 129 Å². The monoisotopic (exact) mass is 1970 g/mol. The number of unbranched alkanes of at least 4 members (excludes halogenated alkanes) is 1. The molecule has 45 heteroatoms. The third-order valence-corrected chi connectivity index (χ3v) is 20.7. The van der Waals surface area contributed by atoms with Crippen LogP contribution in [0.1, 0.15) is 93.9 Å². The number of benzene rings is 3. The van der Waals surface area contributed by atoms with Crippen molar-refractivity contribution in [3.8, 4) is 11.8 Å². The van der Waals surface area contributed by atoms with Crippen LogP contribution in [0.2, 0.25) is 0 Å². The Labute approximate surface area is 806 Å². The van der Waals surface area contributed by atoms with Crippen LogP contribution in [0, 0.1) is 17.8 Å². The Morgan fingerprint density at radius 1 is 0.384 bits per heavy atom. The quantitative estimate of drug-likeness (QED) is 0.0189. The third-order valence-electron chi connectivity index (χ3n) is 20.7. The molecule has 0 fully saturated rings. The Balaban J connectivity index is 0.987. The smallest absolute Gasteiger partial charge is 0.312 e. The number of carbonyl (C=O) groups is 8. The number of aliphatic hydroxyl groups is 11. The van der Waals surface area contributed by atoms with Crippen molar-refractivity contribution in [3.63, 3.8) is 0 Å². The fourth-order valence-electron chi connectivity index (χ4n) is 12.9. The molecule has 0 saturated heterocycles. The highest BCUT2D eigenvalue weighted by molar-refractivity contribution is 5.99. The highest BCUT2D eigenvalue weighted by Gasteiger charge is 2.36. The van der Waals surface area contributed by atoms with Gasteiger partial charge >= 0.3 is 6.03 Å². The van der Waals surface area contributed by atoms with Gasteiger partial charge in [-0.2, -0.15) is 0 Å². The molecule has 138 heavy (non-hydrogen) atoms. The van der Waals surface area contributed by atoms with Crippen molar-refractivity contribution in [2.24, 2.45) is 11.7 Å². The predicted molar refractivity (Wildman–Crippen MR) is 499 cm³/mol. The number of para-hydroxylation sites is 1. The number of nitrogens with zero attached hydrogens (tertiary/aromatic N) is 2. The molecule has 0 saturated carbocycles. The lowest BCUT2D eigenvalue weighted by Crippen LogP contribution is -2.57. The summed E-state index contributed by atoms with van der Waals surface area (Å²) in [6.07, 6.45) is -13.3. The van der Waals surface area contributed by atoms with Crippen LogP contribution in [-0.2, 0) is 123 Å². The van der Waals surface area contributed by atoms with Gasteiger partial charge in [-0.15, -0.1) is 0 Å². The first-order valence-electron chi connectivity index (χ1n) is 47.0. The zero-order valence-corrected chi connectivity index (χ0v) is 79.6. The van der Waals surface area contributed by atoms with Crippen molar-refractivity contribution in [1.29, 1.82) is 0 Å². The molecule has 0 radical (unpaired) electrons. The molecular weight excluding hydrogens is 1820 g/mol. The molecule has 4 rings (SSSR count). The van der Waals surface area contributed by atoms with Gasteiger partial charge in [0.1, 0.15) is 54.7 Å². The molecule has 0 spiro atoms. The van der Waals surface area contributed by atoms with E-state index in [1.165, 1.54) is 4.90 Å². The lowest BCUT2D eigenvalue weighted by atomic mass is 10.0. The molecule has 20 N–H and O–H groups in total. The van der Waals surface area contributed by atoms with Gasteiger partial charge in [0.15, 0.2) is 0 Å². The molecule has 784 valence electrons. The number of hydrogen-bond acceptors (Lipinski definition) is 36. The van der Waals surface area contributed by atoms with E-state index in [4.69, 9.17) is 91.7 Å². The van der Waals surface area contributed by atoms with Crippen molar-refractivity contribution in [3.05, 3.63) is 95.1 Å². The summed E-state index contributed by atoms with van der Waals surface area (Å²) in [6, 6.07) is 17.4. The molecule has 3 aromatic rings. The topological polar surface area (TPSA) is 623 Å². The Morgan fingerprint density at radius 3 is 1.22 bits per heavy atom. The summed E-state index contributed by atoms with van der Waals surface area (Å²) in [6.45, 7) is 10.7. The van der Waals surface area contributed by atoms with Gasteiger partial charge in [-0.1, -0.05) is 68.2 Å². The van der Waals surface area contributed by atoms with Crippen LogP contribution in [0.3, 0.4) is 0 Å². The summed E-state index contributed by atoms with van der Waals surface area (Å²) in [7, 11) is 0. The van der Waals surface area contributed by atoms with Gasteiger partial charge in [0.25, 0.3) is 0 Å². The second-order valence-corrected chi connectivity index (χ2v) is 31.9. The number of fused-ring (bicyclic) bond motifs is 2. The second-order valence-electron chi connectivity index (χ2n) is 31.9. The molecule has 9 amide bonds. The largest absolute Gasteiger partial charge is 0.394 e. The second kappa shape index (κ2) is 78.3. The van der Waals surface area contributed by atoms with Crippen molar-refractivity contribution in [1.82, 2.24) is 36.8 Å². The molecule has 1 aliphatic heterocycles. The summed E-state index contributed by atoms with van der Waals surface area (Å²) < 4.78 is 88.9. The first-order valence-corrected chi connectivity index (χ1v) is 47.0. The minimum Gasteiger partial charge on any atom is -0.394 e. The predicted octanol–water partition coefficient (Wildman–Crippen LogP) is -3.97. The van der Waals surface area contributed by atoms with E-state index in [1.807, 2.05) is 48.5 Å². The molecule has 45 nitrogen and oxygen atoms in total. The normalized spacial score (nSPS) is 14.3. The number of aliphatic hydroxyl groups excluding tert-OH is 11. The van der Waals surface area contributed by atoms with Gasteiger partial charge < -0.3 is 180 Å². The maximum absolute atomic E-state index is 14.2. The fourth-order valence-corrected chi connectivity index (χ4v) is 12.9. The number of ether oxygens (including phenoxy) is 16. The molecule has 11 atom stereocenters. The average molecular weight is 1970 g/mol. The first kappa shape index (κ1) is 122. The van der Waals surface area contributed by atoms with Crippen LogP contribution in [0.4, 0.5) is 16.2 Å². The summed E-state index contributed by atoms with van der Waals surface area (Å²) >= 11 is 0. The van der Waals surface area contributed by atoms with Crippen LogP contribution >= 0.6 is 0 Å². The van der Waals surface area contributed by atoms with E-state index in [9.17, 15) is 84.3 Å². The SMILES string of the molecule is CC(C)[C@H](NC(=O)[C@H](CCCCNC(=O)CCOCCOCCOCCOCCOCCOCCOCCOCCOCCOCCOCCOCCN(C[C@H](O)[C@@H](O)[C@H](O)[C@H](O)CO)C[C@H](O)[C@@H](O)[C@H](O)[C@H](O)CO)NC(=O)CCOCCOCCOCCOCCNC(=O)CCC(=O)N1Cc2ccccc2C#Cc2ccccc21)C(=O)N[C@@H](CCCNC(N)=O)C(=O)Nc1ccc(CO)cc1. The fraction of sp³-hybridized carbons (Fsp3) is 0.699. The van der Waals surface area contributed by atoms with Crippen molar-refractivity contribution >= 4 is 58.8 Å². The van der Waals surface area contributed by atoms with Gasteiger partial charge in [-0.25, -0.2) is 4.79 Å². The minimum atomic E-state index is -1.90. The van der Waals surface area contributed by atoms with Crippen molar-refractivity contribution in [2.75, 3.05) is 274 Å². The summed E-state index contributed by atoms with van der Waals surface area (Å²) in [4.78, 5) is 109. The van der Waals surface area contributed by atoms with E-state index >= 15 is 0 Å². The molecular formula is C93H152N10O35. The standard InChI is InChI=1S/C93H152N10O35/c1-68(2)85(92(121)100-75(14-9-27-97-93(94)122)90(119)98-73-20-16-69(65-104)17-21-73)101-91(120)74(99-83(113)25-31-124-35-39-128-42-44-129-40-36-125-32-28-96-81(111)22-23-84(114)103-62-72-12-4-3-10-70(72)18-19-71-11-5-6-15-76(71)103)13-7-8-26-95-82(112)24-30-123-34-38-127-43-46-131-48-50-133-52-54-135-56-58-137-60-61-138-59-57-136-55-53-134-51-49-132-47-45-130-41-37-126-33-29-102(63-77(107)86(115)88(117)79(109)66-105)64-78(108)87(116)89(118)80(110)67-106/h3-6,10-12,15-17,20-21,68,74-75,77-80,85-89,104-110,115-118H,7-9,13-14,22-67H2,1-2H3,(H,95,112)(H,96,111)(H,98,119)(H,99,113)(H,100,121)(H,101,120)(H3,94,97,122)/t74-,75-,77-,78-,79+,80+,85-,86+,87+,88+,89+/m0/s1. The maximum Gasteiger partial charge on any atom is 0.312 e. The highest BCUT2D eigenvalue weighted by Crippen LogP contribution is 2.27. The van der Waals surface area contributed by atoms with Crippen molar-refractivity contribution in [2.45, 2.75) is 152 Å². The number of anilines is 2. The average Bonchev–Trinajstić information content (AvgIpc) is 0.812. The first-order chi connectivity index (χ1) is 66.9. The lowest BCUT2D eigenvalue weighted by Gasteiger charge is -2.33. The molecule has 0 aromatic heterocycles. The van der Waals surface area contributed by atoms with Gasteiger partial charge in [0.05, 0.1) is 256 Å². The number of carbonyl (C=O) groups excluding carboxylic acids is 8. The number of rotatable bonds is 87. The van der Waals surface area contributed by atoms with Gasteiger partial charge in [0.2, 0.25) is 41.4 Å². The van der Waals surface area contributed by atoms with Crippen molar-refractivity contribution < 1.29 is 170 Å². The highest BCUT2D eigenvalue weighted by atomic mass is 16.6. The van der Waals surface area contributed by atoms with Gasteiger partial charge in [-0.3, -0.25) is 38.5 Å². The van der Waals surface area contributed by atoms with E-state index in [0.717, 1.165) is 16.7 Å². The van der Waals surface area contributed by atoms with Crippen LogP contribution in [-0.4, -0.2) is 439 Å². The Morgan fingerprint density at radius 2 is 0.768 bits per heavy atom. The summed E-state index contributed by atoms with van der Waals surface area (Å²) in [5.41, 5.74) is 9.48. The Bertz CT molecular complexity index is 3780. The number of primary amides is 1. The number of urea groups is 1. The molecule has 0 bridgehead atoms. The molecule has 0 aliphatic carbocycles.